The van der Waals surface area contributed by atoms with Gasteiger partial charge in [0.25, 0.3) is 0 Å². The summed E-state index contributed by atoms with van der Waals surface area (Å²) in [6, 6.07) is 4.72. The van der Waals surface area contributed by atoms with Crippen molar-refractivity contribution in [3.8, 4) is 0 Å². The molecule has 0 N–H and O–H groups in total. The summed E-state index contributed by atoms with van der Waals surface area (Å²) in [5, 5.41) is 1.49. The number of benzene rings is 1. The van der Waals surface area contributed by atoms with E-state index in [1.165, 1.54) is 22.2 Å². The van der Waals surface area contributed by atoms with Crippen LogP contribution in [0.5, 0.6) is 0 Å². The van der Waals surface area contributed by atoms with E-state index in [4.69, 9.17) is 0 Å². The summed E-state index contributed by atoms with van der Waals surface area (Å²) in [6.07, 6.45) is 0. The van der Waals surface area contributed by atoms with Crippen molar-refractivity contribution in [3.63, 3.8) is 0 Å². The molecule has 0 spiro atoms. The average Bonchev–Trinajstić information content (AvgIpc) is 2.32. The van der Waals surface area contributed by atoms with E-state index >= 15 is 0 Å². The van der Waals surface area contributed by atoms with Crippen LogP contribution in [-0.2, 0) is 7.05 Å². The van der Waals surface area contributed by atoms with Crippen LogP contribution in [0.15, 0.2) is 12.1 Å². The van der Waals surface area contributed by atoms with Gasteiger partial charge in [-0.15, -0.1) is 0 Å². The number of hydrogen-bond donors (Lipinski definition) is 0. The number of aromatic nitrogens is 1. The number of hydrogen-bond acceptors (Lipinski definition) is 0. The Hall–Kier alpha value is -0.320. The van der Waals surface area contributed by atoms with Gasteiger partial charge in [0.15, 0.2) is 0 Å². The first-order chi connectivity index (χ1) is 6.09. The molecule has 13 heavy (non-hydrogen) atoms. The third kappa shape index (κ3) is 1.43. The molecule has 0 amide bonds. The quantitative estimate of drug-likeness (QED) is 0.649. The summed E-state index contributed by atoms with van der Waals surface area (Å²) in [7, 11) is 2.21. The molecule has 1 heterocycles. The third-order valence-electron chi connectivity index (χ3n) is 2.69. The van der Waals surface area contributed by atoms with Gasteiger partial charge in [-0.3, -0.25) is 0 Å². The van der Waals surface area contributed by atoms with Crippen LogP contribution in [-0.4, -0.2) is 20.7 Å². The topological polar surface area (TPSA) is 3.88 Å². The summed E-state index contributed by atoms with van der Waals surface area (Å²) in [4.78, 5) is 0. The van der Waals surface area contributed by atoms with E-state index in [0.717, 1.165) is 0 Å². The van der Waals surface area contributed by atoms with Gasteiger partial charge in [-0.2, -0.15) is 0 Å². The van der Waals surface area contributed by atoms with Crippen molar-refractivity contribution in [2.75, 3.05) is 0 Å². The van der Waals surface area contributed by atoms with E-state index in [0.29, 0.717) is 0 Å². The SMILES string of the molecule is Cc1cc2[te][n+](C)c(C)c2cc1C. The molecule has 1 nitrogen and oxygen atoms in total. The van der Waals surface area contributed by atoms with Crippen LogP contribution in [0.2, 0.25) is 0 Å². The second-order valence-electron chi connectivity index (χ2n) is 3.61. The Kier molecular flexibility index (Phi) is 2.21. The molecule has 0 atom stereocenters. The molecule has 0 aliphatic rings. The molecule has 1 aromatic carbocycles. The summed E-state index contributed by atoms with van der Waals surface area (Å²) < 4.78 is 4.04. The van der Waals surface area contributed by atoms with Gasteiger partial charge in [-0.05, 0) is 0 Å². The van der Waals surface area contributed by atoms with Crippen LogP contribution >= 0.6 is 0 Å². The number of aryl methyl sites for hydroxylation is 4. The minimum atomic E-state index is -0.0929. The van der Waals surface area contributed by atoms with Gasteiger partial charge in [0.1, 0.15) is 0 Å². The Morgan fingerprint density at radius 1 is 1.08 bits per heavy atom. The van der Waals surface area contributed by atoms with Gasteiger partial charge in [0, 0.05) is 0 Å². The molecule has 0 radical (unpaired) electrons. The Labute approximate surface area is 89.0 Å². The zero-order chi connectivity index (χ0) is 9.59. The Morgan fingerprint density at radius 3 is 2.38 bits per heavy atom. The molecule has 0 unspecified atom stereocenters. The van der Waals surface area contributed by atoms with Crippen molar-refractivity contribution in [2.24, 2.45) is 7.05 Å². The fourth-order valence-electron chi connectivity index (χ4n) is 1.53. The van der Waals surface area contributed by atoms with Crippen molar-refractivity contribution < 1.29 is 2.79 Å². The van der Waals surface area contributed by atoms with Gasteiger partial charge in [-0.1, -0.05) is 0 Å². The van der Waals surface area contributed by atoms with Crippen LogP contribution in [0.1, 0.15) is 16.8 Å². The van der Waals surface area contributed by atoms with Crippen LogP contribution in [0.3, 0.4) is 0 Å². The number of rotatable bonds is 0. The molecule has 2 rings (SSSR count). The Morgan fingerprint density at radius 2 is 1.69 bits per heavy atom. The van der Waals surface area contributed by atoms with Crippen molar-refractivity contribution in [1.29, 1.82) is 0 Å². The molecule has 1 aromatic heterocycles. The Bertz CT molecular complexity index is 468. The first-order valence-electron chi connectivity index (χ1n) is 4.46. The fourth-order valence-corrected chi connectivity index (χ4v) is 4.57. The summed E-state index contributed by atoms with van der Waals surface area (Å²) >= 11 is -0.0929. The van der Waals surface area contributed by atoms with Gasteiger partial charge in [-0.25, -0.2) is 0 Å². The van der Waals surface area contributed by atoms with Crippen molar-refractivity contribution in [2.45, 2.75) is 20.8 Å². The molecule has 2 aromatic rings. The molecular formula is C11H14NTe+. The third-order valence-corrected chi connectivity index (χ3v) is 5.78. The summed E-state index contributed by atoms with van der Waals surface area (Å²) in [6.45, 7) is 6.63. The predicted molar refractivity (Wildman–Crippen MR) is 56.3 cm³/mol. The normalized spacial score (nSPS) is 11.1. The van der Waals surface area contributed by atoms with E-state index in [9.17, 15) is 0 Å². The second kappa shape index (κ2) is 3.11. The molecule has 0 aliphatic carbocycles. The molecular weight excluding hydrogens is 274 g/mol. The molecule has 0 fully saturated rings. The van der Waals surface area contributed by atoms with Crippen LogP contribution in [0.4, 0.5) is 0 Å². The van der Waals surface area contributed by atoms with Crippen LogP contribution in [0, 0.1) is 20.8 Å². The van der Waals surface area contributed by atoms with Crippen molar-refractivity contribution >= 4 is 29.5 Å². The molecule has 0 saturated heterocycles. The van der Waals surface area contributed by atoms with E-state index in [1.807, 2.05) is 0 Å². The summed E-state index contributed by atoms with van der Waals surface area (Å²) in [5.74, 6) is 0. The number of nitrogens with zero attached hydrogens (tertiary/aromatic N) is 1. The minimum absolute atomic E-state index is 0.0929. The number of fused-ring (bicyclic) bond motifs is 1. The molecule has 2 heteroatoms. The van der Waals surface area contributed by atoms with Crippen LogP contribution < -0.4 is 2.79 Å². The maximum absolute atomic E-state index is 2.44. The zero-order valence-corrected chi connectivity index (χ0v) is 10.8. The molecule has 68 valence electrons. The van der Waals surface area contributed by atoms with E-state index in [-0.39, 0.29) is 20.7 Å². The first kappa shape index (κ1) is 9.24. The van der Waals surface area contributed by atoms with Crippen LogP contribution in [0.25, 0.3) is 8.79 Å². The van der Waals surface area contributed by atoms with E-state index in [2.05, 4.69) is 42.7 Å². The van der Waals surface area contributed by atoms with Crippen molar-refractivity contribution in [1.82, 2.24) is 0 Å². The summed E-state index contributed by atoms with van der Waals surface area (Å²) in [5.41, 5.74) is 4.31. The Balaban J connectivity index is 2.89. The van der Waals surface area contributed by atoms with Gasteiger partial charge < -0.3 is 0 Å². The van der Waals surface area contributed by atoms with Gasteiger partial charge in [0.05, 0.1) is 0 Å². The fraction of sp³-hybridized carbons (Fsp3) is 0.364. The molecule has 0 aliphatic heterocycles. The van der Waals surface area contributed by atoms with E-state index in [1.54, 1.807) is 3.40 Å². The first-order valence-corrected chi connectivity index (χ1v) is 6.67. The molecule has 0 saturated carbocycles. The van der Waals surface area contributed by atoms with E-state index < -0.39 is 0 Å². The molecule has 0 bridgehead atoms. The maximum atomic E-state index is 2.44. The zero-order valence-electron chi connectivity index (χ0n) is 8.51. The standard InChI is InChI=1S/C11H14NTe/c1-7-5-10-9(3)12(4)13-11(10)6-8(7)2/h5-6H,1-4H3/q+1. The predicted octanol–water partition coefficient (Wildman–Crippen LogP) is 1.65. The van der Waals surface area contributed by atoms with Gasteiger partial charge >= 0.3 is 89.1 Å². The monoisotopic (exact) mass is 290 g/mol. The second-order valence-corrected chi connectivity index (χ2v) is 6.95. The van der Waals surface area contributed by atoms with Gasteiger partial charge in [0.2, 0.25) is 0 Å². The average molecular weight is 288 g/mol. The van der Waals surface area contributed by atoms with Crippen molar-refractivity contribution in [3.05, 3.63) is 29.0 Å².